The number of rotatable bonds is 5. The van der Waals surface area contributed by atoms with Crippen molar-refractivity contribution in [3.63, 3.8) is 0 Å². The van der Waals surface area contributed by atoms with Gasteiger partial charge >= 0.3 is 5.76 Å². The predicted molar refractivity (Wildman–Crippen MR) is 103 cm³/mol. The Morgan fingerprint density at radius 2 is 2.07 bits per heavy atom. The number of amides is 1. The minimum atomic E-state index is -0.643. The molecule has 4 rings (SSSR count). The number of hydrogen-bond donors (Lipinski definition) is 2. The summed E-state index contributed by atoms with van der Waals surface area (Å²) in [7, 11) is 0. The SMILES string of the molecule is O=C(Nc1cccc(-c2noc(=O)[nH]2)c1)c1cnn(Cc2ccccc2Cl)c1. The molecule has 0 aliphatic carbocycles. The van der Waals surface area contributed by atoms with E-state index in [2.05, 4.69) is 25.1 Å². The van der Waals surface area contributed by atoms with Crippen molar-refractivity contribution < 1.29 is 9.32 Å². The molecule has 2 N–H and O–H groups in total. The van der Waals surface area contributed by atoms with E-state index >= 15 is 0 Å². The molecule has 0 spiro atoms. The Morgan fingerprint density at radius 3 is 2.86 bits per heavy atom. The summed E-state index contributed by atoms with van der Waals surface area (Å²) in [5.41, 5.74) is 2.48. The first-order chi connectivity index (χ1) is 13.6. The topological polar surface area (TPSA) is 106 Å². The van der Waals surface area contributed by atoms with Crippen molar-refractivity contribution in [2.75, 3.05) is 5.32 Å². The molecular weight excluding hydrogens is 382 g/mol. The molecule has 0 atom stereocenters. The molecule has 2 aromatic carbocycles. The molecule has 8 nitrogen and oxygen atoms in total. The van der Waals surface area contributed by atoms with Gasteiger partial charge in [0.1, 0.15) is 0 Å². The Kier molecular flexibility index (Phi) is 4.77. The van der Waals surface area contributed by atoms with Gasteiger partial charge in [-0.25, -0.2) is 4.79 Å². The second-order valence-corrected chi connectivity index (χ2v) is 6.40. The summed E-state index contributed by atoms with van der Waals surface area (Å²) in [4.78, 5) is 26.1. The van der Waals surface area contributed by atoms with Crippen molar-refractivity contribution in [3.05, 3.63) is 87.6 Å². The molecule has 140 valence electrons. The Balaban J connectivity index is 1.48. The minimum absolute atomic E-state index is 0.286. The number of carbonyl (C=O) groups excluding carboxylic acids is 1. The second kappa shape index (κ2) is 7.53. The Hall–Kier alpha value is -3.65. The van der Waals surface area contributed by atoms with Gasteiger partial charge in [0, 0.05) is 22.5 Å². The van der Waals surface area contributed by atoms with Gasteiger partial charge in [0.2, 0.25) is 0 Å². The van der Waals surface area contributed by atoms with Crippen LogP contribution in [0.4, 0.5) is 5.69 Å². The fourth-order valence-electron chi connectivity index (χ4n) is 2.67. The summed E-state index contributed by atoms with van der Waals surface area (Å²) >= 11 is 6.16. The number of carbonyl (C=O) groups is 1. The smallest absolute Gasteiger partial charge is 0.322 e. The van der Waals surface area contributed by atoms with E-state index in [9.17, 15) is 9.59 Å². The maximum Gasteiger partial charge on any atom is 0.439 e. The highest BCUT2D eigenvalue weighted by Crippen LogP contribution is 2.19. The molecule has 0 radical (unpaired) electrons. The van der Waals surface area contributed by atoms with Gasteiger partial charge < -0.3 is 5.32 Å². The maximum absolute atomic E-state index is 12.5. The average Bonchev–Trinajstić information content (AvgIpc) is 3.33. The van der Waals surface area contributed by atoms with Crippen molar-refractivity contribution in [3.8, 4) is 11.4 Å². The van der Waals surface area contributed by atoms with Gasteiger partial charge in [-0.1, -0.05) is 47.1 Å². The number of H-pyrrole nitrogens is 1. The van der Waals surface area contributed by atoms with Crippen LogP contribution in [0, 0.1) is 0 Å². The third kappa shape index (κ3) is 3.86. The van der Waals surface area contributed by atoms with E-state index in [1.807, 2.05) is 24.3 Å². The Bertz CT molecular complexity index is 1190. The molecule has 2 heterocycles. The van der Waals surface area contributed by atoms with Gasteiger partial charge in [0.05, 0.1) is 18.3 Å². The number of benzene rings is 2. The zero-order valence-electron chi connectivity index (χ0n) is 14.4. The van der Waals surface area contributed by atoms with E-state index in [1.54, 1.807) is 35.1 Å². The molecule has 0 unspecified atom stereocenters. The van der Waals surface area contributed by atoms with E-state index in [-0.39, 0.29) is 11.7 Å². The number of halogens is 1. The summed E-state index contributed by atoms with van der Waals surface area (Å²) in [5.74, 6) is -0.666. The third-order valence-electron chi connectivity index (χ3n) is 4.02. The Morgan fingerprint density at radius 1 is 1.21 bits per heavy atom. The van der Waals surface area contributed by atoms with Gasteiger partial charge in [-0.2, -0.15) is 5.10 Å². The highest BCUT2D eigenvalue weighted by Gasteiger charge is 2.11. The quantitative estimate of drug-likeness (QED) is 0.539. The van der Waals surface area contributed by atoms with Crippen molar-refractivity contribution in [2.24, 2.45) is 0 Å². The second-order valence-electron chi connectivity index (χ2n) is 6.00. The number of aromatic nitrogens is 4. The molecular formula is C19H14ClN5O3. The lowest BCUT2D eigenvalue weighted by atomic mass is 10.2. The molecule has 4 aromatic rings. The summed E-state index contributed by atoms with van der Waals surface area (Å²) in [6.07, 6.45) is 3.14. The van der Waals surface area contributed by atoms with Gasteiger partial charge in [-0.15, -0.1) is 0 Å². The number of hydrogen-bond acceptors (Lipinski definition) is 5. The fourth-order valence-corrected chi connectivity index (χ4v) is 2.87. The standard InChI is InChI=1S/C19H14ClN5O3/c20-16-7-2-1-4-13(16)10-25-11-14(9-21-25)18(26)22-15-6-3-5-12(8-15)17-23-19(27)28-24-17/h1-9,11H,10H2,(H,22,26)(H,23,24,27). The zero-order chi connectivity index (χ0) is 19.5. The van der Waals surface area contributed by atoms with Crippen LogP contribution in [0.2, 0.25) is 5.02 Å². The third-order valence-corrected chi connectivity index (χ3v) is 4.39. The van der Waals surface area contributed by atoms with Crippen LogP contribution in [0.1, 0.15) is 15.9 Å². The first kappa shape index (κ1) is 17.7. The van der Waals surface area contributed by atoms with Crippen LogP contribution in [0.5, 0.6) is 0 Å². The lowest BCUT2D eigenvalue weighted by Gasteiger charge is -2.05. The molecule has 0 saturated carbocycles. The van der Waals surface area contributed by atoms with E-state index in [0.29, 0.717) is 28.4 Å². The molecule has 0 fully saturated rings. The highest BCUT2D eigenvalue weighted by atomic mass is 35.5. The molecule has 9 heteroatoms. The fraction of sp³-hybridized carbons (Fsp3) is 0.0526. The summed E-state index contributed by atoms with van der Waals surface area (Å²) in [6.45, 7) is 0.460. The summed E-state index contributed by atoms with van der Waals surface area (Å²) in [6, 6.07) is 14.4. The van der Waals surface area contributed by atoms with Crippen molar-refractivity contribution in [1.29, 1.82) is 0 Å². The first-order valence-corrected chi connectivity index (χ1v) is 8.70. The normalized spacial score (nSPS) is 10.8. The van der Waals surface area contributed by atoms with Crippen molar-refractivity contribution in [1.82, 2.24) is 19.9 Å². The van der Waals surface area contributed by atoms with Gasteiger partial charge in [0.25, 0.3) is 5.91 Å². The lowest BCUT2D eigenvalue weighted by Crippen LogP contribution is -2.11. The predicted octanol–water partition coefficient (Wildman–Crippen LogP) is 3.18. The molecule has 0 bridgehead atoms. The molecule has 0 saturated heterocycles. The Labute approximate surface area is 163 Å². The zero-order valence-corrected chi connectivity index (χ0v) is 15.2. The highest BCUT2D eigenvalue weighted by molar-refractivity contribution is 6.31. The van der Waals surface area contributed by atoms with Gasteiger partial charge in [0.15, 0.2) is 5.82 Å². The summed E-state index contributed by atoms with van der Waals surface area (Å²) < 4.78 is 6.15. The van der Waals surface area contributed by atoms with Crippen molar-refractivity contribution >= 4 is 23.2 Å². The van der Waals surface area contributed by atoms with Crippen LogP contribution < -0.4 is 11.1 Å². The number of nitrogens with one attached hydrogen (secondary N) is 2. The van der Waals surface area contributed by atoms with E-state index in [4.69, 9.17) is 11.6 Å². The number of nitrogens with zero attached hydrogens (tertiary/aromatic N) is 3. The van der Waals surface area contributed by atoms with E-state index in [1.165, 1.54) is 6.20 Å². The van der Waals surface area contributed by atoms with Crippen LogP contribution in [0.3, 0.4) is 0 Å². The molecule has 1 amide bonds. The van der Waals surface area contributed by atoms with Gasteiger partial charge in [-0.05, 0) is 23.8 Å². The van der Waals surface area contributed by atoms with Gasteiger partial charge in [-0.3, -0.25) is 19.0 Å². The monoisotopic (exact) mass is 395 g/mol. The van der Waals surface area contributed by atoms with Crippen LogP contribution in [-0.2, 0) is 6.54 Å². The molecule has 0 aliphatic rings. The molecule has 0 aliphatic heterocycles. The number of aromatic amines is 1. The first-order valence-electron chi connectivity index (χ1n) is 8.32. The van der Waals surface area contributed by atoms with E-state index in [0.717, 1.165) is 5.56 Å². The number of anilines is 1. The minimum Gasteiger partial charge on any atom is -0.322 e. The molecule has 28 heavy (non-hydrogen) atoms. The van der Waals surface area contributed by atoms with Crippen LogP contribution in [0.15, 0.2) is 70.2 Å². The molecule has 2 aromatic heterocycles. The van der Waals surface area contributed by atoms with Crippen molar-refractivity contribution in [2.45, 2.75) is 6.54 Å². The van der Waals surface area contributed by atoms with E-state index < -0.39 is 5.76 Å². The van der Waals surface area contributed by atoms with Crippen LogP contribution >= 0.6 is 11.6 Å². The van der Waals surface area contributed by atoms with Crippen LogP contribution in [0.25, 0.3) is 11.4 Å². The maximum atomic E-state index is 12.5. The average molecular weight is 396 g/mol. The van der Waals surface area contributed by atoms with Crippen LogP contribution in [-0.4, -0.2) is 25.8 Å². The lowest BCUT2D eigenvalue weighted by molar-refractivity contribution is 0.102. The summed E-state index contributed by atoms with van der Waals surface area (Å²) in [5, 5.41) is 11.3. The largest absolute Gasteiger partial charge is 0.439 e.